The van der Waals surface area contributed by atoms with Gasteiger partial charge in [0, 0.05) is 12.1 Å². The van der Waals surface area contributed by atoms with E-state index in [1.807, 2.05) is 32.9 Å². The Hall–Kier alpha value is -2.16. The lowest BCUT2D eigenvalue weighted by Gasteiger charge is -2.12. The van der Waals surface area contributed by atoms with Gasteiger partial charge in [-0.25, -0.2) is 0 Å². The van der Waals surface area contributed by atoms with Gasteiger partial charge in [-0.3, -0.25) is 9.78 Å². The number of nitrogens with zero attached hydrogens (tertiary/aromatic N) is 1. The summed E-state index contributed by atoms with van der Waals surface area (Å²) in [7, 11) is 0. The number of amides is 1. The highest BCUT2D eigenvalue weighted by Crippen LogP contribution is 2.19. The average Bonchev–Trinajstić information content (AvgIpc) is 2.40. The summed E-state index contributed by atoms with van der Waals surface area (Å²) < 4.78 is 0. The fourth-order valence-electron chi connectivity index (χ4n) is 2.54. The molecule has 0 spiro atoms. The van der Waals surface area contributed by atoms with Gasteiger partial charge in [0.15, 0.2) is 0 Å². The number of pyridine rings is 1. The van der Waals surface area contributed by atoms with Crippen molar-refractivity contribution in [3.63, 3.8) is 0 Å². The zero-order valence-corrected chi connectivity index (χ0v) is 13.2. The van der Waals surface area contributed by atoms with Crippen molar-refractivity contribution in [1.29, 1.82) is 0 Å². The van der Waals surface area contributed by atoms with E-state index in [2.05, 4.69) is 35.4 Å². The van der Waals surface area contributed by atoms with Gasteiger partial charge >= 0.3 is 0 Å². The van der Waals surface area contributed by atoms with E-state index >= 15 is 0 Å². The maximum absolute atomic E-state index is 12.1. The SMILES string of the molecule is Cc1cccc(CCC(=O)Nc2c(C)cc(C)nc2C)c1. The lowest BCUT2D eigenvalue weighted by molar-refractivity contribution is -0.116. The summed E-state index contributed by atoms with van der Waals surface area (Å²) in [6.07, 6.45) is 1.24. The fraction of sp³-hybridized carbons (Fsp3) is 0.333. The second-order valence-electron chi connectivity index (χ2n) is 5.58. The van der Waals surface area contributed by atoms with Gasteiger partial charge in [-0.15, -0.1) is 0 Å². The number of carbonyl (C=O) groups excluding carboxylic acids is 1. The molecule has 0 unspecified atom stereocenters. The van der Waals surface area contributed by atoms with E-state index in [9.17, 15) is 4.79 Å². The van der Waals surface area contributed by atoms with Crippen molar-refractivity contribution >= 4 is 11.6 Å². The van der Waals surface area contributed by atoms with E-state index in [4.69, 9.17) is 0 Å². The smallest absolute Gasteiger partial charge is 0.224 e. The van der Waals surface area contributed by atoms with Crippen molar-refractivity contribution in [1.82, 2.24) is 4.98 Å². The van der Waals surface area contributed by atoms with Gasteiger partial charge < -0.3 is 5.32 Å². The molecule has 0 radical (unpaired) electrons. The molecule has 3 nitrogen and oxygen atoms in total. The second kappa shape index (κ2) is 6.53. The Labute approximate surface area is 126 Å². The third kappa shape index (κ3) is 4.15. The molecule has 0 atom stereocenters. The van der Waals surface area contributed by atoms with Crippen LogP contribution >= 0.6 is 0 Å². The number of aryl methyl sites for hydroxylation is 5. The first-order chi connectivity index (χ1) is 9.95. The maximum atomic E-state index is 12.1. The number of rotatable bonds is 4. The molecule has 0 aliphatic heterocycles. The summed E-state index contributed by atoms with van der Waals surface area (Å²) >= 11 is 0. The molecule has 1 heterocycles. The van der Waals surface area contributed by atoms with Crippen LogP contribution in [0.2, 0.25) is 0 Å². The quantitative estimate of drug-likeness (QED) is 0.924. The largest absolute Gasteiger partial charge is 0.324 e. The fourth-order valence-corrected chi connectivity index (χ4v) is 2.54. The van der Waals surface area contributed by atoms with Crippen LogP contribution in [0.4, 0.5) is 5.69 Å². The molecule has 1 N–H and O–H groups in total. The number of nitrogens with one attached hydrogen (secondary N) is 1. The molecule has 0 bridgehead atoms. The van der Waals surface area contributed by atoms with E-state index in [1.165, 1.54) is 11.1 Å². The Kier molecular flexibility index (Phi) is 4.73. The van der Waals surface area contributed by atoms with Crippen LogP contribution in [0, 0.1) is 27.7 Å². The lowest BCUT2D eigenvalue weighted by atomic mass is 10.1. The Morgan fingerprint density at radius 1 is 1.14 bits per heavy atom. The topological polar surface area (TPSA) is 42.0 Å². The van der Waals surface area contributed by atoms with Crippen molar-refractivity contribution in [3.05, 3.63) is 58.4 Å². The van der Waals surface area contributed by atoms with Crippen LogP contribution < -0.4 is 5.32 Å². The molecule has 1 aromatic heterocycles. The molecular weight excluding hydrogens is 260 g/mol. The molecular formula is C18H22N2O. The van der Waals surface area contributed by atoms with Crippen molar-refractivity contribution in [2.45, 2.75) is 40.5 Å². The van der Waals surface area contributed by atoms with Crippen molar-refractivity contribution in [3.8, 4) is 0 Å². The van der Waals surface area contributed by atoms with Crippen LogP contribution in [0.5, 0.6) is 0 Å². The van der Waals surface area contributed by atoms with Crippen LogP contribution in [-0.4, -0.2) is 10.9 Å². The molecule has 21 heavy (non-hydrogen) atoms. The summed E-state index contributed by atoms with van der Waals surface area (Å²) in [6, 6.07) is 10.3. The van der Waals surface area contributed by atoms with E-state index in [0.29, 0.717) is 6.42 Å². The van der Waals surface area contributed by atoms with Crippen molar-refractivity contribution in [2.75, 3.05) is 5.32 Å². The van der Waals surface area contributed by atoms with E-state index in [-0.39, 0.29) is 5.91 Å². The molecule has 0 saturated heterocycles. The van der Waals surface area contributed by atoms with Gasteiger partial charge in [0.25, 0.3) is 0 Å². The monoisotopic (exact) mass is 282 g/mol. The van der Waals surface area contributed by atoms with Crippen LogP contribution in [-0.2, 0) is 11.2 Å². The van der Waals surface area contributed by atoms with E-state index in [1.54, 1.807) is 0 Å². The van der Waals surface area contributed by atoms with Crippen molar-refractivity contribution < 1.29 is 4.79 Å². The number of aromatic nitrogens is 1. The summed E-state index contributed by atoms with van der Waals surface area (Å²) in [5, 5.41) is 2.99. The average molecular weight is 282 g/mol. The molecule has 2 rings (SSSR count). The Morgan fingerprint density at radius 3 is 2.57 bits per heavy atom. The predicted octanol–water partition coefficient (Wildman–Crippen LogP) is 3.89. The maximum Gasteiger partial charge on any atom is 0.224 e. The first-order valence-electron chi connectivity index (χ1n) is 7.26. The van der Waals surface area contributed by atoms with Gasteiger partial charge in [-0.2, -0.15) is 0 Å². The number of carbonyl (C=O) groups is 1. The Morgan fingerprint density at radius 2 is 1.90 bits per heavy atom. The van der Waals surface area contributed by atoms with Crippen LogP contribution in [0.15, 0.2) is 30.3 Å². The summed E-state index contributed by atoms with van der Waals surface area (Å²) in [5.41, 5.74) is 6.17. The third-order valence-corrected chi connectivity index (χ3v) is 3.51. The highest BCUT2D eigenvalue weighted by atomic mass is 16.1. The number of benzene rings is 1. The molecule has 0 aliphatic rings. The molecule has 110 valence electrons. The van der Waals surface area contributed by atoms with Gasteiger partial charge in [-0.05, 0) is 51.3 Å². The minimum atomic E-state index is 0.0355. The van der Waals surface area contributed by atoms with E-state index < -0.39 is 0 Å². The van der Waals surface area contributed by atoms with Crippen molar-refractivity contribution in [2.24, 2.45) is 0 Å². The minimum absolute atomic E-state index is 0.0355. The molecule has 1 aromatic carbocycles. The lowest BCUT2D eigenvalue weighted by Crippen LogP contribution is -2.15. The van der Waals surface area contributed by atoms with Gasteiger partial charge in [0.1, 0.15) is 0 Å². The number of hydrogen-bond acceptors (Lipinski definition) is 2. The Bertz CT molecular complexity index is 639. The number of hydrogen-bond donors (Lipinski definition) is 1. The first-order valence-corrected chi connectivity index (χ1v) is 7.26. The summed E-state index contributed by atoms with van der Waals surface area (Å²) in [4.78, 5) is 16.5. The first kappa shape index (κ1) is 15.2. The second-order valence-corrected chi connectivity index (χ2v) is 5.58. The number of anilines is 1. The molecule has 1 amide bonds. The molecule has 0 aliphatic carbocycles. The predicted molar refractivity (Wildman–Crippen MR) is 86.6 cm³/mol. The molecule has 3 heteroatoms. The zero-order chi connectivity index (χ0) is 15.4. The minimum Gasteiger partial charge on any atom is -0.324 e. The molecule has 2 aromatic rings. The Balaban J connectivity index is 1.99. The van der Waals surface area contributed by atoms with Gasteiger partial charge in [0.2, 0.25) is 5.91 Å². The highest BCUT2D eigenvalue weighted by molar-refractivity contribution is 5.92. The summed E-state index contributed by atoms with van der Waals surface area (Å²) in [6.45, 7) is 7.95. The third-order valence-electron chi connectivity index (χ3n) is 3.51. The normalized spacial score (nSPS) is 10.5. The van der Waals surface area contributed by atoms with Gasteiger partial charge in [-0.1, -0.05) is 29.8 Å². The van der Waals surface area contributed by atoms with Crippen LogP contribution in [0.3, 0.4) is 0 Å². The summed E-state index contributed by atoms with van der Waals surface area (Å²) in [5.74, 6) is 0.0355. The molecule has 0 saturated carbocycles. The van der Waals surface area contributed by atoms with Crippen LogP contribution in [0.25, 0.3) is 0 Å². The highest BCUT2D eigenvalue weighted by Gasteiger charge is 2.09. The van der Waals surface area contributed by atoms with Crippen LogP contribution in [0.1, 0.15) is 34.5 Å². The molecule has 0 fully saturated rings. The van der Waals surface area contributed by atoms with Gasteiger partial charge in [0.05, 0.1) is 11.4 Å². The standard InChI is InChI=1S/C18H22N2O/c1-12-6-5-7-16(10-12)8-9-17(21)20-18-13(2)11-14(3)19-15(18)4/h5-7,10-11H,8-9H2,1-4H3,(H,20,21). The van der Waals surface area contributed by atoms with E-state index in [0.717, 1.165) is 29.1 Å². The zero-order valence-electron chi connectivity index (χ0n) is 13.2.